The first-order chi connectivity index (χ1) is 12.3. The van der Waals surface area contributed by atoms with Crippen molar-refractivity contribution < 1.29 is 14.3 Å². The van der Waals surface area contributed by atoms with Gasteiger partial charge in [0.05, 0.1) is 18.6 Å². The summed E-state index contributed by atoms with van der Waals surface area (Å²) in [6.45, 7) is 8.89. The highest BCUT2D eigenvalue weighted by Crippen LogP contribution is 2.13. The van der Waals surface area contributed by atoms with E-state index in [1.54, 1.807) is 21.2 Å². The molecule has 0 unspecified atom stereocenters. The lowest BCUT2D eigenvalue weighted by Gasteiger charge is -2.37. The number of hydrogen-bond donors (Lipinski definition) is 3. The Balaban J connectivity index is 2.40. The lowest BCUT2D eigenvalue weighted by molar-refractivity contribution is -0.128. The summed E-state index contributed by atoms with van der Waals surface area (Å²) in [6.07, 6.45) is 0. The van der Waals surface area contributed by atoms with Gasteiger partial charge >= 0.3 is 0 Å². The van der Waals surface area contributed by atoms with E-state index in [1.165, 1.54) is 0 Å². The molecule has 0 radical (unpaired) electrons. The van der Waals surface area contributed by atoms with E-state index in [1.807, 2.05) is 13.8 Å². The minimum absolute atomic E-state index is 0.00948. The number of ether oxygens (including phenoxy) is 1. The SMILES string of the molecule is CN=C(NCC(C)(C)C(=O)NC)N1CCN(CC(=O)NCCOC)CC1. The zero-order valence-electron chi connectivity index (χ0n) is 16.7. The fraction of sp³-hybridized carbons (Fsp3) is 0.824. The van der Waals surface area contributed by atoms with Crippen molar-refractivity contribution in [1.29, 1.82) is 0 Å². The summed E-state index contributed by atoms with van der Waals surface area (Å²) >= 11 is 0. The maximum absolute atomic E-state index is 11.9. The molecule has 2 amide bonds. The largest absolute Gasteiger partial charge is 0.383 e. The summed E-state index contributed by atoms with van der Waals surface area (Å²) in [5.74, 6) is 0.793. The highest BCUT2D eigenvalue weighted by molar-refractivity contribution is 5.84. The summed E-state index contributed by atoms with van der Waals surface area (Å²) in [6, 6.07) is 0. The lowest BCUT2D eigenvalue weighted by Crippen LogP contribution is -2.55. The van der Waals surface area contributed by atoms with Crippen LogP contribution in [0.5, 0.6) is 0 Å². The molecule has 26 heavy (non-hydrogen) atoms. The van der Waals surface area contributed by atoms with Crippen LogP contribution in [0.25, 0.3) is 0 Å². The smallest absolute Gasteiger partial charge is 0.234 e. The molecule has 3 N–H and O–H groups in total. The van der Waals surface area contributed by atoms with E-state index in [-0.39, 0.29) is 11.8 Å². The van der Waals surface area contributed by atoms with Crippen molar-refractivity contribution in [3.63, 3.8) is 0 Å². The van der Waals surface area contributed by atoms with Gasteiger partial charge < -0.3 is 25.6 Å². The van der Waals surface area contributed by atoms with E-state index in [2.05, 4.69) is 30.7 Å². The molecule has 0 spiro atoms. The van der Waals surface area contributed by atoms with Gasteiger partial charge in [0, 0.05) is 60.5 Å². The van der Waals surface area contributed by atoms with Gasteiger partial charge in [0.15, 0.2) is 5.96 Å². The Bertz CT molecular complexity index is 487. The van der Waals surface area contributed by atoms with Crippen LogP contribution in [0.1, 0.15) is 13.8 Å². The molecule has 1 aliphatic rings. The average molecular weight is 370 g/mol. The van der Waals surface area contributed by atoms with Crippen molar-refractivity contribution in [3.8, 4) is 0 Å². The first-order valence-corrected chi connectivity index (χ1v) is 8.99. The number of rotatable bonds is 8. The number of carbonyl (C=O) groups is 2. The summed E-state index contributed by atoms with van der Waals surface area (Å²) in [7, 11) is 5.00. The molecule has 0 aromatic carbocycles. The van der Waals surface area contributed by atoms with Gasteiger partial charge in [-0.05, 0) is 13.8 Å². The van der Waals surface area contributed by atoms with Crippen molar-refractivity contribution in [1.82, 2.24) is 25.8 Å². The van der Waals surface area contributed by atoms with Gasteiger partial charge in [0.1, 0.15) is 0 Å². The molecule has 150 valence electrons. The van der Waals surface area contributed by atoms with Crippen LogP contribution in [0, 0.1) is 5.41 Å². The van der Waals surface area contributed by atoms with E-state index in [4.69, 9.17) is 4.74 Å². The van der Waals surface area contributed by atoms with E-state index >= 15 is 0 Å². The number of carbonyl (C=O) groups excluding carboxylic acids is 2. The highest BCUT2D eigenvalue weighted by atomic mass is 16.5. The molecule has 9 nitrogen and oxygen atoms in total. The number of methoxy groups -OCH3 is 1. The molecular weight excluding hydrogens is 336 g/mol. The molecular formula is C17H34N6O3. The number of piperazine rings is 1. The Morgan fingerprint density at radius 1 is 1.15 bits per heavy atom. The Morgan fingerprint density at radius 2 is 1.81 bits per heavy atom. The summed E-state index contributed by atoms with van der Waals surface area (Å²) in [5, 5.41) is 8.81. The zero-order valence-corrected chi connectivity index (χ0v) is 16.7. The minimum atomic E-state index is -0.521. The third-order valence-corrected chi connectivity index (χ3v) is 4.41. The van der Waals surface area contributed by atoms with Gasteiger partial charge in [-0.3, -0.25) is 19.5 Å². The van der Waals surface area contributed by atoms with Crippen LogP contribution < -0.4 is 16.0 Å². The van der Waals surface area contributed by atoms with Gasteiger partial charge in [-0.25, -0.2) is 0 Å². The first kappa shape index (κ1) is 22.2. The molecule has 0 bridgehead atoms. The Morgan fingerprint density at radius 3 is 2.35 bits per heavy atom. The first-order valence-electron chi connectivity index (χ1n) is 8.99. The fourth-order valence-corrected chi connectivity index (χ4v) is 2.72. The maximum Gasteiger partial charge on any atom is 0.234 e. The molecule has 1 fully saturated rings. The van der Waals surface area contributed by atoms with Crippen molar-refractivity contribution in [3.05, 3.63) is 0 Å². The van der Waals surface area contributed by atoms with Crippen LogP contribution in [0.15, 0.2) is 4.99 Å². The topological polar surface area (TPSA) is 98.3 Å². The number of nitrogens with zero attached hydrogens (tertiary/aromatic N) is 3. The lowest BCUT2D eigenvalue weighted by atomic mass is 9.92. The standard InChI is InChI=1S/C17H34N6O3/c1-17(2,15(25)18-3)13-21-16(19-4)23-9-7-22(8-10-23)12-14(24)20-6-11-26-5/h6-13H2,1-5H3,(H,18,25)(H,19,21)(H,20,24). The van der Waals surface area contributed by atoms with Gasteiger partial charge in [0.25, 0.3) is 0 Å². The van der Waals surface area contributed by atoms with E-state index in [9.17, 15) is 9.59 Å². The summed E-state index contributed by atoms with van der Waals surface area (Å²) in [4.78, 5) is 32.4. The van der Waals surface area contributed by atoms with Crippen LogP contribution >= 0.6 is 0 Å². The number of nitrogens with one attached hydrogen (secondary N) is 3. The van der Waals surface area contributed by atoms with Crippen molar-refractivity contribution in [2.45, 2.75) is 13.8 Å². The zero-order chi connectivity index (χ0) is 19.6. The van der Waals surface area contributed by atoms with Gasteiger partial charge in [-0.15, -0.1) is 0 Å². The van der Waals surface area contributed by atoms with E-state index in [0.717, 1.165) is 32.1 Å². The molecule has 0 aliphatic carbocycles. The predicted molar refractivity (Wildman–Crippen MR) is 102 cm³/mol. The fourth-order valence-electron chi connectivity index (χ4n) is 2.72. The van der Waals surface area contributed by atoms with Crippen LogP contribution in [0.4, 0.5) is 0 Å². The molecule has 1 aliphatic heterocycles. The second-order valence-electron chi connectivity index (χ2n) is 6.97. The Kier molecular flexibility index (Phi) is 9.36. The summed E-state index contributed by atoms with van der Waals surface area (Å²) in [5.41, 5.74) is -0.521. The molecule has 9 heteroatoms. The molecule has 0 aromatic rings. The molecule has 1 rings (SSSR count). The van der Waals surface area contributed by atoms with Crippen LogP contribution in [-0.4, -0.2) is 101 Å². The third-order valence-electron chi connectivity index (χ3n) is 4.41. The minimum Gasteiger partial charge on any atom is -0.383 e. The Labute approximate surface area is 156 Å². The number of guanidine groups is 1. The van der Waals surface area contributed by atoms with Gasteiger partial charge in [-0.2, -0.15) is 0 Å². The maximum atomic E-state index is 11.9. The quantitative estimate of drug-likeness (QED) is 0.280. The second-order valence-corrected chi connectivity index (χ2v) is 6.97. The third kappa shape index (κ3) is 7.17. The molecule has 1 saturated heterocycles. The average Bonchev–Trinajstić information content (AvgIpc) is 2.62. The van der Waals surface area contributed by atoms with E-state index in [0.29, 0.717) is 26.2 Å². The molecule has 0 aromatic heterocycles. The molecule has 1 heterocycles. The molecule has 0 saturated carbocycles. The van der Waals surface area contributed by atoms with Crippen LogP contribution in [-0.2, 0) is 14.3 Å². The number of amides is 2. The monoisotopic (exact) mass is 370 g/mol. The van der Waals surface area contributed by atoms with Crippen molar-refractivity contribution in [2.24, 2.45) is 10.4 Å². The number of hydrogen-bond acceptors (Lipinski definition) is 5. The Hall–Kier alpha value is -1.87. The van der Waals surface area contributed by atoms with Gasteiger partial charge in [0.2, 0.25) is 11.8 Å². The van der Waals surface area contributed by atoms with Crippen molar-refractivity contribution in [2.75, 3.05) is 73.6 Å². The molecule has 0 atom stereocenters. The second kappa shape index (κ2) is 11.0. The van der Waals surface area contributed by atoms with E-state index < -0.39 is 5.41 Å². The van der Waals surface area contributed by atoms with Gasteiger partial charge in [-0.1, -0.05) is 0 Å². The van der Waals surface area contributed by atoms with Crippen LogP contribution in [0.3, 0.4) is 0 Å². The number of aliphatic imine (C=N–C) groups is 1. The predicted octanol–water partition coefficient (Wildman–Crippen LogP) is -1.29. The normalized spacial score (nSPS) is 16.3. The van der Waals surface area contributed by atoms with Crippen molar-refractivity contribution >= 4 is 17.8 Å². The summed E-state index contributed by atoms with van der Waals surface area (Å²) < 4.78 is 4.92. The highest BCUT2D eigenvalue weighted by Gasteiger charge is 2.28. The van der Waals surface area contributed by atoms with Crippen LogP contribution in [0.2, 0.25) is 0 Å².